The molecule has 16 heavy (non-hydrogen) atoms. The van der Waals surface area contributed by atoms with Crippen LogP contribution in [-0.2, 0) is 5.41 Å². The SMILES string of the molecule is CC(C)(C)c1ccc2nc(C(=O)O)sc2c1. The second kappa shape index (κ2) is 3.56. The van der Waals surface area contributed by atoms with Gasteiger partial charge >= 0.3 is 5.97 Å². The van der Waals surface area contributed by atoms with Crippen molar-refractivity contribution in [2.45, 2.75) is 26.2 Å². The molecule has 4 heteroatoms. The van der Waals surface area contributed by atoms with Crippen LogP contribution in [0.2, 0.25) is 0 Å². The Bertz CT molecular complexity index is 552. The molecule has 84 valence electrons. The van der Waals surface area contributed by atoms with Gasteiger partial charge in [0.2, 0.25) is 5.01 Å². The van der Waals surface area contributed by atoms with E-state index in [-0.39, 0.29) is 10.4 Å². The van der Waals surface area contributed by atoms with E-state index in [1.54, 1.807) is 0 Å². The summed E-state index contributed by atoms with van der Waals surface area (Å²) in [5.74, 6) is -0.960. The number of carboxylic acid groups (broad SMARTS) is 1. The highest BCUT2D eigenvalue weighted by Gasteiger charge is 2.16. The average molecular weight is 235 g/mol. The molecule has 0 saturated carbocycles. The summed E-state index contributed by atoms with van der Waals surface area (Å²) < 4.78 is 0.935. The highest BCUT2D eigenvalue weighted by atomic mass is 32.1. The first-order chi connectivity index (χ1) is 7.38. The fourth-order valence-corrected chi connectivity index (χ4v) is 2.33. The fraction of sp³-hybridized carbons (Fsp3) is 0.333. The van der Waals surface area contributed by atoms with E-state index in [4.69, 9.17) is 5.11 Å². The monoisotopic (exact) mass is 235 g/mol. The Balaban J connectivity index is 2.58. The van der Waals surface area contributed by atoms with Gasteiger partial charge < -0.3 is 5.11 Å². The first-order valence-corrected chi connectivity index (χ1v) is 5.84. The lowest BCUT2D eigenvalue weighted by atomic mass is 9.87. The summed E-state index contributed by atoms with van der Waals surface area (Å²) in [5.41, 5.74) is 2.03. The van der Waals surface area contributed by atoms with Crippen LogP contribution in [0.3, 0.4) is 0 Å². The molecule has 1 heterocycles. The second-order valence-corrected chi connectivity index (χ2v) is 5.79. The number of carbonyl (C=O) groups is 1. The van der Waals surface area contributed by atoms with Gasteiger partial charge in [-0.15, -0.1) is 11.3 Å². The van der Waals surface area contributed by atoms with Crippen LogP contribution in [0.15, 0.2) is 18.2 Å². The number of thiazole rings is 1. The van der Waals surface area contributed by atoms with Gasteiger partial charge in [-0.05, 0) is 23.1 Å². The third-order valence-corrected chi connectivity index (χ3v) is 3.44. The number of benzene rings is 1. The first kappa shape index (κ1) is 11.1. The van der Waals surface area contributed by atoms with Crippen molar-refractivity contribution in [3.05, 3.63) is 28.8 Å². The molecule has 0 atom stereocenters. The number of fused-ring (bicyclic) bond motifs is 1. The first-order valence-electron chi connectivity index (χ1n) is 5.02. The van der Waals surface area contributed by atoms with Crippen molar-refractivity contribution in [2.24, 2.45) is 0 Å². The number of aromatic carboxylic acids is 1. The molecule has 3 nitrogen and oxygen atoms in total. The van der Waals surface area contributed by atoms with E-state index in [1.165, 1.54) is 16.9 Å². The van der Waals surface area contributed by atoms with E-state index in [0.29, 0.717) is 0 Å². The number of hydrogen-bond acceptors (Lipinski definition) is 3. The Kier molecular flexibility index (Phi) is 2.46. The zero-order valence-electron chi connectivity index (χ0n) is 9.44. The van der Waals surface area contributed by atoms with Crippen molar-refractivity contribution < 1.29 is 9.90 Å². The minimum atomic E-state index is -0.960. The Labute approximate surface area is 97.8 Å². The van der Waals surface area contributed by atoms with Gasteiger partial charge in [0, 0.05) is 0 Å². The predicted molar refractivity (Wildman–Crippen MR) is 65.3 cm³/mol. The standard InChI is InChI=1S/C12H13NO2S/c1-12(2,3)7-4-5-8-9(6-7)16-10(13-8)11(14)15/h4-6H,1-3H3,(H,14,15). The van der Waals surface area contributed by atoms with Gasteiger partial charge in [0.25, 0.3) is 0 Å². The molecule has 0 bridgehead atoms. The molecule has 1 N–H and O–H groups in total. The topological polar surface area (TPSA) is 50.2 Å². The molecule has 0 saturated heterocycles. The van der Waals surface area contributed by atoms with Crippen molar-refractivity contribution in [1.82, 2.24) is 4.98 Å². The minimum Gasteiger partial charge on any atom is -0.476 e. The fourth-order valence-electron chi connectivity index (χ4n) is 1.48. The number of nitrogens with zero attached hydrogens (tertiary/aromatic N) is 1. The van der Waals surface area contributed by atoms with E-state index in [2.05, 4.69) is 25.8 Å². The van der Waals surface area contributed by atoms with Crippen molar-refractivity contribution in [3.63, 3.8) is 0 Å². The summed E-state index contributed by atoms with van der Waals surface area (Å²) in [7, 11) is 0. The molecule has 0 aliphatic heterocycles. The lowest BCUT2D eigenvalue weighted by Gasteiger charge is -2.18. The maximum absolute atomic E-state index is 10.8. The zero-order chi connectivity index (χ0) is 11.9. The lowest BCUT2D eigenvalue weighted by Crippen LogP contribution is -2.10. The molecule has 0 aliphatic carbocycles. The van der Waals surface area contributed by atoms with Gasteiger partial charge in [0.1, 0.15) is 0 Å². The molecular formula is C12H13NO2S. The van der Waals surface area contributed by atoms with Crippen molar-refractivity contribution >= 4 is 27.5 Å². The van der Waals surface area contributed by atoms with Gasteiger partial charge in [-0.25, -0.2) is 9.78 Å². The van der Waals surface area contributed by atoms with Crippen LogP contribution < -0.4 is 0 Å². The van der Waals surface area contributed by atoms with E-state index < -0.39 is 5.97 Å². The summed E-state index contributed by atoms with van der Waals surface area (Å²) in [6, 6.07) is 5.92. The molecule has 2 aromatic rings. The van der Waals surface area contributed by atoms with Gasteiger partial charge in [-0.3, -0.25) is 0 Å². The molecule has 1 aromatic carbocycles. The molecule has 0 radical (unpaired) electrons. The largest absolute Gasteiger partial charge is 0.476 e. The smallest absolute Gasteiger partial charge is 0.365 e. The van der Waals surface area contributed by atoms with Crippen LogP contribution in [0.25, 0.3) is 10.2 Å². The Hall–Kier alpha value is -1.42. The molecule has 0 fully saturated rings. The molecule has 1 aromatic heterocycles. The predicted octanol–water partition coefficient (Wildman–Crippen LogP) is 3.29. The van der Waals surface area contributed by atoms with Crippen molar-refractivity contribution in [1.29, 1.82) is 0 Å². The molecular weight excluding hydrogens is 222 g/mol. The van der Waals surface area contributed by atoms with E-state index in [0.717, 1.165) is 10.2 Å². The van der Waals surface area contributed by atoms with Crippen LogP contribution >= 0.6 is 11.3 Å². The summed E-state index contributed by atoms with van der Waals surface area (Å²) in [6.07, 6.45) is 0. The van der Waals surface area contributed by atoms with Crippen molar-refractivity contribution in [3.8, 4) is 0 Å². The van der Waals surface area contributed by atoms with Crippen LogP contribution in [0, 0.1) is 0 Å². The van der Waals surface area contributed by atoms with Crippen LogP contribution in [0.5, 0.6) is 0 Å². The van der Waals surface area contributed by atoms with Crippen LogP contribution in [-0.4, -0.2) is 16.1 Å². The third kappa shape index (κ3) is 1.93. The lowest BCUT2D eigenvalue weighted by molar-refractivity contribution is 0.0696. The molecule has 2 rings (SSSR count). The number of rotatable bonds is 1. The summed E-state index contributed by atoms with van der Waals surface area (Å²) in [6.45, 7) is 6.40. The maximum Gasteiger partial charge on any atom is 0.365 e. The van der Waals surface area contributed by atoms with Gasteiger partial charge in [-0.1, -0.05) is 26.8 Å². The second-order valence-electron chi connectivity index (χ2n) is 4.76. The van der Waals surface area contributed by atoms with E-state index >= 15 is 0 Å². The maximum atomic E-state index is 10.8. The number of hydrogen-bond donors (Lipinski definition) is 1. The van der Waals surface area contributed by atoms with Crippen molar-refractivity contribution in [2.75, 3.05) is 0 Å². The highest BCUT2D eigenvalue weighted by Crippen LogP contribution is 2.29. The number of carboxylic acids is 1. The van der Waals surface area contributed by atoms with Gasteiger partial charge in [-0.2, -0.15) is 0 Å². The quantitative estimate of drug-likeness (QED) is 0.825. The molecule has 0 spiro atoms. The minimum absolute atomic E-state index is 0.0710. The third-order valence-electron chi connectivity index (χ3n) is 2.44. The molecule has 0 unspecified atom stereocenters. The van der Waals surface area contributed by atoms with E-state index in [1.807, 2.05) is 18.2 Å². The van der Waals surface area contributed by atoms with Crippen LogP contribution in [0.1, 0.15) is 36.1 Å². The Morgan fingerprint density at radius 3 is 2.62 bits per heavy atom. The molecule has 0 amide bonds. The summed E-state index contributed by atoms with van der Waals surface area (Å²) in [5, 5.41) is 9.02. The molecule has 0 aliphatic rings. The van der Waals surface area contributed by atoms with Gasteiger partial charge in [0.05, 0.1) is 10.2 Å². The van der Waals surface area contributed by atoms with Gasteiger partial charge in [0.15, 0.2) is 0 Å². The summed E-state index contributed by atoms with van der Waals surface area (Å²) in [4.78, 5) is 14.9. The number of aromatic nitrogens is 1. The van der Waals surface area contributed by atoms with E-state index in [9.17, 15) is 4.79 Å². The Morgan fingerprint density at radius 1 is 1.38 bits per heavy atom. The zero-order valence-corrected chi connectivity index (χ0v) is 10.3. The summed E-state index contributed by atoms with van der Waals surface area (Å²) >= 11 is 1.22. The highest BCUT2D eigenvalue weighted by molar-refractivity contribution is 7.20. The Morgan fingerprint density at radius 2 is 2.06 bits per heavy atom. The normalized spacial score (nSPS) is 11.9. The van der Waals surface area contributed by atoms with Crippen LogP contribution in [0.4, 0.5) is 0 Å². The average Bonchev–Trinajstić information content (AvgIpc) is 2.58.